The maximum Gasteiger partial charge on any atom is 0.292 e. The molecule has 6 heteroatoms. The van der Waals surface area contributed by atoms with Crippen molar-refractivity contribution in [2.24, 2.45) is 0 Å². The minimum absolute atomic E-state index is 0.0967. The van der Waals surface area contributed by atoms with E-state index < -0.39 is 4.92 Å². The van der Waals surface area contributed by atoms with E-state index in [2.05, 4.69) is 17.4 Å². The van der Waals surface area contributed by atoms with Crippen LogP contribution in [0.25, 0.3) is 0 Å². The topological polar surface area (TPSA) is 72.2 Å². The average molecular weight is 342 g/mol. The molecule has 1 atom stereocenters. The first-order valence-electron chi connectivity index (χ1n) is 7.87. The molecular formula is C18H18N2O3S. The quantitative estimate of drug-likeness (QED) is 0.502. The van der Waals surface area contributed by atoms with Crippen molar-refractivity contribution in [2.75, 3.05) is 5.32 Å². The highest BCUT2D eigenvalue weighted by molar-refractivity contribution is 8.00. The van der Waals surface area contributed by atoms with Gasteiger partial charge >= 0.3 is 0 Å². The molecule has 1 amide bonds. The Morgan fingerprint density at radius 1 is 1.21 bits per heavy atom. The number of hydrogen-bond donors (Lipinski definition) is 1. The molecule has 0 saturated carbocycles. The van der Waals surface area contributed by atoms with E-state index in [1.54, 1.807) is 18.2 Å². The Morgan fingerprint density at radius 2 is 1.96 bits per heavy atom. The van der Waals surface area contributed by atoms with Gasteiger partial charge in [0.25, 0.3) is 5.69 Å². The summed E-state index contributed by atoms with van der Waals surface area (Å²) in [6, 6.07) is 12.5. The van der Waals surface area contributed by atoms with Crippen LogP contribution in [0.3, 0.4) is 0 Å². The molecule has 2 aromatic rings. The summed E-state index contributed by atoms with van der Waals surface area (Å²) in [6.45, 7) is 1.81. The maximum atomic E-state index is 12.4. The Labute approximate surface area is 144 Å². The number of amides is 1. The Kier molecular flexibility index (Phi) is 4.85. The second-order valence-corrected chi connectivity index (χ2v) is 7.22. The Morgan fingerprint density at radius 3 is 2.75 bits per heavy atom. The summed E-state index contributed by atoms with van der Waals surface area (Å²) in [7, 11) is 0. The van der Waals surface area contributed by atoms with Crippen molar-refractivity contribution >= 4 is 29.0 Å². The second kappa shape index (κ2) is 7.05. The van der Waals surface area contributed by atoms with Crippen LogP contribution >= 0.6 is 11.8 Å². The summed E-state index contributed by atoms with van der Waals surface area (Å²) in [5.74, 6) is -0.241. The van der Waals surface area contributed by atoms with E-state index >= 15 is 0 Å². The first kappa shape index (κ1) is 16.5. The second-order valence-electron chi connectivity index (χ2n) is 5.81. The fraction of sp³-hybridized carbons (Fsp3) is 0.278. The van der Waals surface area contributed by atoms with Gasteiger partial charge in [-0.25, -0.2) is 0 Å². The van der Waals surface area contributed by atoms with E-state index in [-0.39, 0.29) is 22.5 Å². The molecule has 0 spiro atoms. The maximum absolute atomic E-state index is 12.4. The number of nitrogens with zero attached hydrogens (tertiary/aromatic N) is 1. The lowest BCUT2D eigenvalue weighted by molar-refractivity contribution is -0.383. The molecular weight excluding hydrogens is 324 g/mol. The highest BCUT2D eigenvalue weighted by atomic mass is 32.2. The third kappa shape index (κ3) is 3.59. The summed E-state index contributed by atoms with van der Waals surface area (Å²) in [4.78, 5) is 24.0. The highest BCUT2D eigenvalue weighted by Gasteiger charge is 2.20. The number of aryl methyl sites for hydroxylation is 2. The van der Waals surface area contributed by atoms with Crippen LogP contribution in [0.4, 0.5) is 11.4 Å². The summed E-state index contributed by atoms with van der Waals surface area (Å²) < 4.78 is 0. The highest BCUT2D eigenvalue weighted by Crippen LogP contribution is 2.31. The summed E-state index contributed by atoms with van der Waals surface area (Å²) in [5, 5.41) is 13.3. The first-order valence-corrected chi connectivity index (χ1v) is 8.75. The first-order chi connectivity index (χ1) is 11.5. The number of hydrogen-bond acceptors (Lipinski definition) is 4. The number of rotatable bonds is 5. The van der Waals surface area contributed by atoms with E-state index in [1.807, 2.05) is 13.0 Å². The van der Waals surface area contributed by atoms with E-state index in [9.17, 15) is 14.9 Å². The number of carbonyl (C=O) groups excluding carboxylic acids is 1. The average Bonchev–Trinajstić information content (AvgIpc) is 3.02. The zero-order valence-electron chi connectivity index (χ0n) is 13.3. The van der Waals surface area contributed by atoms with Gasteiger partial charge in [0.15, 0.2) is 0 Å². The predicted molar refractivity (Wildman–Crippen MR) is 95.5 cm³/mol. The number of anilines is 1. The van der Waals surface area contributed by atoms with Crippen LogP contribution in [0.5, 0.6) is 0 Å². The summed E-state index contributed by atoms with van der Waals surface area (Å²) >= 11 is 1.47. The fourth-order valence-electron chi connectivity index (χ4n) is 2.85. The molecule has 24 heavy (non-hydrogen) atoms. The molecule has 1 aliphatic carbocycles. The van der Waals surface area contributed by atoms with Gasteiger partial charge in [-0.2, -0.15) is 0 Å². The van der Waals surface area contributed by atoms with Crippen molar-refractivity contribution in [2.45, 2.75) is 36.3 Å². The van der Waals surface area contributed by atoms with E-state index in [0.717, 1.165) is 17.7 Å². The third-order valence-corrected chi connectivity index (χ3v) is 5.20. The number of nitro benzene ring substituents is 1. The lowest BCUT2D eigenvalue weighted by Crippen LogP contribution is -2.22. The molecule has 0 heterocycles. The van der Waals surface area contributed by atoms with E-state index in [0.29, 0.717) is 0 Å². The molecule has 0 bridgehead atoms. The predicted octanol–water partition coefficient (Wildman–Crippen LogP) is 4.20. The van der Waals surface area contributed by atoms with Crippen LogP contribution in [-0.2, 0) is 17.6 Å². The minimum atomic E-state index is -0.492. The monoisotopic (exact) mass is 342 g/mol. The Balaban J connectivity index is 1.68. The van der Waals surface area contributed by atoms with Gasteiger partial charge in [0.2, 0.25) is 5.91 Å². The molecule has 0 unspecified atom stereocenters. The molecule has 0 aliphatic heterocycles. The van der Waals surface area contributed by atoms with Crippen molar-refractivity contribution in [3.63, 3.8) is 0 Å². The van der Waals surface area contributed by atoms with Crippen LogP contribution < -0.4 is 5.32 Å². The lowest BCUT2D eigenvalue weighted by atomic mass is 10.1. The van der Waals surface area contributed by atoms with Crippen LogP contribution in [-0.4, -0.2) is 16.1 Å². The summed E-state index contributed by atoms with van der Waals surface area (Å²) in [6.07, 6.45) is 3.42. The number of benzene rings is 2. The molecule has 0 fully saturated rings. The van der Waals surface area contributed by atoms with Gasteiger partial charge in [0, 0.05) is 11.0 Å². The molecule has 0 radical (unpaired) electrons. The molecule has 0 aromatic heterocycles. The van der Waals surface area contributed by atoms with Crippen LogP contribution in [0.2, 0.25) is 0 Å². The van der Waals surface area contributed by atoms with Crippen molar-refractivity contribution in [3.05, 3.63) is 63.7 Å². The van der Waals surface area contributed by atoms with Gasteiger partial charge in [0.05, 0.1) is 10.2 Å². The number of nitrogens with one attached hydrogen (secondary N) is 1. The zero-order valence-corrected chi connectivity index (χ0v) is 14.1. The molecule has 1 N–H and O–H groups in total. The van der Waals surface area contributed by atoms with Gasteiger partial charge in [-0.15, -0.1) is 11.8 Å². The van der Waals surface area contributed by atoms with E-state index in [1.165, 1.54) is 35.4 Å². The van der Waals surface area contributed by atoms with E-state index in [4.69, 9.17) is 0 Å². The Hall–Kier alpha value is -2.34. The largest absolute Gasteiger partial charge is 0.319 e. The van der Waals surface area contributed by atoms with Crippen molar-refractivity contribution in [1.29, 1.82) is 0 Å². The minimum Gasteiger partial charge on any atom is -0.319 e. The Bertz CT molecular complexity index is 792. The SMILES string of the molecule is C[C@@H](Sc1ccc2c(c1)CCC2)C(=O)Nc1ccccc1[N+](=O)[O-]. The van der Waals surface area contributed by atoms with Crippen molar-refractivity contribution in [1.82, 2.24) is 0 Å². The van der Waals surface area contributed by atoms with Gasteiger partial charge < -0.3 is 5.32 Å². The molecule has 0 saturated heterocycles. The number of carbonyl (C=O) groups is 1. The standard InChI is InChI=1S/C18H18N2O3S/c1-12(24-15-10-9-13-5-4-6-14(13)11-15)18(21)19-16-7-2-3-8-17(16)20(22)23/h2-3,7-12H,4-6H2,1H3,(H,19,21)/t12-/m1/s1. The van der Waals surface area contributed by atoms with Gasteiger partial charge in [-0.05, 0) is 55.5 Å². The van der Waals surface area contributed by atoms with Crippen LogP contribution in [0, 0.1) is 10.1 Å². The lowest BCUT2D eigenvalue weighted by Gasteiger charge is -2.13. The smallest absolute Gasteiger partial charge is 0.292 e. The molecule has 124 valence electrons. The molecule has 5 nitrogen and oxygen atoms in total. The molecule has 3 rings (SSSR count). The van der Waals surface area contributed by atoms with Gasteiger partial charge in [-0.3, -0.25) is 14.9 Å². The van der Waals surface area contributed by atoms with Crippen LogP contribution in [0.15, 0.2) is 47.4 Å². The normalized spacial score (nSPS) is 14.0. The summed E-state index contributed by atoms with van der Waals surface area (Å²) in [5.41, 5.74) is 2.90. The molecule has 1 aliphatic rings. The number of nitro groups is 1. The van der Waals surface area contributed by atoms with Gasteiger partial charge in [0.1, 0.15) is 5.69 Å². The van der Waals surface area contributed by atoms with Crippen molar-refractivity contribution in [3.8, 4) is 0 Å². The van der Waals surface area contributed by atoms with Crippen LogP contribution in [0.1, 0.15) is 24.5 Å². The number of para-hydroxylation sites is 2. The fourth-order valence-corrected chi connectivity index (χ4v) is 3.78. The number of fused-ring (bicyclic) bond motifs is 1. The zero-order chi connectivity index (χ0) is 17.1. The van der Waals surface area contributed by atoms with Gasteiger partial charge in [-0.1, -0.05) is 18.2 Å². The third-order valence-electron chi connectivity index (χ3n) is 4.11. The number of thioether (sulfide) groups is 1. The molecule has 2 aromatic carbocycles. The van der Waals surface area contributed by atoms with Crippen molar-refractivity contribution < 1.29 is 9.72 Å².